The van der Waals surface area contributed by atoms with E-state index in [0.29, 0.717) is 24.3 Å². The summed E-state index contributed by atoms with van der Waals surface area (Å²) in [6.45, 7) is 5.67. The van der Waals surface area contributed by atoms with Gasteiger partial charge in [0.1, 0.15) is 5.82 Å². The highest BCUT2D eigenvalue weighted by Crippen LogP contribution is 2.32. The van der Waals surface area contributed by atoms with Crippen molar-refractivity contribution in [3.8, 4) is 0 Å². The topological polar surface area (TPSA) is 49.4 Å². The van der Waals surface area contributed by atoms with E-state index in [1.807, 2.05) is 0 Å². The molecule has 0 aromatic heterocycles. The molecule has 0 fully saturated rings. The first-order chi connectivity index (χ1) is 9.06. The number of aryl methyl sites for hydroxylation is 1. The molecule has 0 bridgehead atoms. The fourth-order valence-corrected chi connectivity index (χ4v) is 2.31. The smallest absolute Gasteiger partial charge is 0.299 e. The van der Waals surface area contributed by atoms with E-state index >= 15 is 0 Å². The van der Waals surface area contributed by atoms with Crippen molar-refractivity contribution in [2.75, 3.05) is 24.5 Å². The summed E-state index contributed by atoms with van der Waals surface area (Å²) < 4.78 is 13.3. The van der Waals surface area contributed by atoms with Crippen molar-refractivity contribution in [1.29, 1.82) is 0 Å². The van der Waals surface area contributed by atoms with Gasteiger partial charge in [-0.1, -0.05) is 6.92 Å². The van der Waals surface area contributed by atoms with Crippen LogP contribution in [0.3, 0.4) is 0 Å². The van der Waals surface area contributed by atoms with E-state index in [1.54, 1.807) is 6.92 Å². The molecule has 2 rings (SSSR count). The Kier molecular flexibility index (Phi) is 3.95. The Labute approximate surface area is 111 Å². The van der Waals surface area contributed by atoms with Crippen LogP contribution in [0.2, 0.25) is 0 Å². The van der Waals surface area contributed by atoms with E-state index in [9.17, 15) is 14.0 Å². The predicted octanol–water partition coefficient (Wildman–Crippen LogP) is 1.66. The van der Waals surface area contributed by atoms with Gasteiger partial charge in [0.2, 0.25) is 0 Å². The second-order valence-corrected chi connectivity index (χ2v) is 4.65. The molecule has 1 aliphatic heterocycles. The molecule has 1 aliphatic rings. The predicted molar refractivity (Wildman–Crippen MR) is 71.0 cm³/mol. The van der Waals surface area contributed by atoms with Gasteiger partial charge in [0.25, 0.3) is 11.7 Å². The molecule has 0 radical (unpaired) electrons. The van der Waals surface area contributed by atoms with Crippen LogP contribution < -0.4 is 10.2 Å². The standard InChI is InChI=1S/C14H17FN2O2/c1-3-4-16-5-6-17-12-9(2)7-10(15)8-11(12)13(18)14(17)19/h7-8,16H,3-6H2,1-2H3. The first kappa shape index (κ1) is 13.7. The molecule has 5 heteroatoms. The maximum atomic E-state index is 13.3. The van der Waals surface area contributed by atoms with Gasteiger partial charge in [0.15, 0.2) is 0 Å². The fourth-order valence-electron chi connectivity index (χ4n) is 2.31. The summed E-state index contributed by atoms with van der Waals surface area (Å²) in [7, 11) is 0. The maximum absolute atomic E-state index is 13.3. The van der Waals surface area contributed by atoms with Crippen molar-refractivity contribution in [3.05, 3.63) is 29.1 Å². The average molecular weight is 264 g/mol. The van der Waals surface area contributed by atoms with E-state index in [4.69, 9.17) is 0 Å². The Bertz CT molecular complexity index is 528. The molecule has 1 N–H and O–H groups in total. The van der Waals surface area contributed by atoms with Crippen LogP contribution in [0.4, 0.5) is 10.1 Å². The molecular formula is C14H17FN2O2. The molecule has 0 saturated heterocycles. The molecule has 1 aromatic carbocycles. The molecule has 0 saturated carbocycles. The zero-order valence-corrected chi connectivity index (χ0v) is 11.1. The number of fused-ring (bicyclic) bond motifs is 1. The zero-order chi connectivity index (χ0) is 14.0. The Morgan fingerprint density at radius 1 is 1.26 bits per heavy atom. The van der Waals surface area contributed by atoms with Crippen LogP contribution in [-0.4, -0.2) is 31.3 Å². The van der Waals surface area contributed by atoms with E-state index < -0.39 is 17.5 Å². The number of benzene rings is 1. The van der Waals surface area contributed by atoms with Gasteiger partial charge < -0.3 is 10.2 Å². The lowest BCUT2D eigenvalue weighted by atomic mass is 10.1. The number of Topliss-reactive ketones (excluding diaryl/α,β-unsaturated/α-hetero) is 1. The van der Waals surface area contributed by atoms with Crippen molar-refractivity contribution in [1.82, 2.24) is 5.32 Å². The van der Waals surface area contributed by atoms with Crippen molar-refractivity contribution in [2.45, 2.75) is 20.3 Å². The third-order valence-electron chi connectivity index (χ3n) is 3.16. The summed E-state index contributed by atoms with van der Waals surface area (Å²) in [5.74, 6) is -1.67. The quantitative estimate of drug-likeness (QED) is 0.650. The maximum Gasteiger partial charge on any atom is 0.299 e. The Balaban J connectivity index is 2.23. The number of hydrogen-bond donors (Lipinski definition) is 1. The number of ketones is 1. The summed E-state index contributed by atoms with van der Waals surface area (Å²) in [4.78, 5) is 25.2. The summed E-state index contributed by atoms with van der Waals surface area (Å²) in [5.41, 5.74) is 1.34. The lowest BCUT2D eigenvalue weighted by Gasteiger charge is -2.18. The van der Waals surface area contributed by atoms with Crippen molar-refractivity contribution < 1.29 is 14.0 Å². The van der Waals surface area contributed by atoms with Gasteiger partial charge in [-0.15, -0.1) is 0 Å². The van der Waals surface area contributed by atoms with Crippen LogP contribution in [0.1, 0.15) is 29.3 Å². The molecule has 19 heavy (non-hydrogen) atoms. The second-order valence-electron chi connectivity index (χ2n) is 4.65. The van der Waals surface area contributed by atoms with Crippen molar-refractivity contribution in [2.24, 2.45) is 0 Å². The van der Waals surface area contributed by atoms with Crippen LogP contribution in [0.5, 0.6) is 0 Å². The number of carbonyl (C=O) groups is 2. The summed E-state index contributed by atoms with van der Waals surface area (Å²) in [5, 5.41) is 3.18. The lowest BCUT2D eigenvalue weighted by Crippen LogP contribution is -2.36. The molecular weight excluding hydrogens is 247 g/mol. The minimum Gasteiger partial charge on any atom is -0.315 e. The van der Waals surface area contributed by atoms with Crippen molar-refractivity contribution >= 4 is 17.4 Å². The Morgan fingerprint density at radius 2 is 2.00 bits per heavy atom. The van der Waals surface area contributed by atoms with Crippen molar-refractivity contribution in [3.63, 3.8) is 0 Å². The molecule has 102 valence electrons. The van der Waals surface area contributed by atoms with Gasteiger partial charge in [-0.3, -0.25) is 9.59 Å². The third-order valence-corrected chi connectivity index (χ3v) is 3.16. The highest BCUT2D eigenvalue weighted by atomic mass is 19.1. The van der Waals surface area contributed by atoms with Gasteiger partial charge >= 0.3 is 0 Å². The van der Waals surface area contributed by atoms with Crippen LogP contribution >= 0.6 is 0 Å². The monoisotopic (exact) mass is 264 g/mol. The number of carbonyl (C=O) groups excluding carboxylic acids is 2. The summed E-state index contributed by atoms with van der Waals surface area (Å²) in [6, 6.07) is 2.49. The number of amides is 1. The van der Waals surface area contributed by atoms with Crippen LogP contribution in [-0.2, 0) is 4.79 Å². The first-order valence-corrected chi connectivity index (χ1v) is 6.43. The van der Waals surface area contributed by atoms with Gasteiger partial charge in [-0.2, -0.15) is 0 Å². The number of nitrogens with one attached hydrogen (secondary N) is 1. The SMILES string of the molecule is CCCNCCN1C(=O)C(=O)c2cc(F)cc(C)c21. The number of rotatable bonds is 5. The van der Waals surface area contributed by atoms with E-state index in [-0.39, 0.29) is 5.56 Å². The molecule has 0 aliphatic carbocycles. The summed E-state index contributed by atoms with van der Waals surface area (Å²) in [6.07, 6.45) is 1.01. The number of halogens is 1. The largest absolute Gasteiger partial charge is 0.315 e. The van der Waals surface area contributed by atoms with Crippen LogP contribution in [0.15, 0.2) is 12.1 Å². The number of anilines is 1. The minimum atomic E-state index is -0.618. The molecule has 1 amide bonds. The normalized spacial score (nSPS) is 14.2. The van der Waals surface area contributed by atoms with Gasteiger partial charge in [0, 0.05) is 13.1 Å². The average Bonchev–Trinajstić information content (AvgIpc) is 2.60. The molecule has 4 nitrogen and oxygen atoms in total. The van der Waals surface area contributed by atoms with Gasteiger partial charge in [0.05, 0.1) is 11.3 Å². The molecule has 0 spiro atoms. The zero-order valence-electron chi connectivity index (χ0n) is 11.1. The number of hydrogen-bond acceptors (Lipinski definition) is 3. The second kappa shape index (κ2) is 5.48. The first-order valence-electron chi connectivity index (χ1n) is 6.43. The molecule has 0 atom stereocenters. The number of nitrogens with zero attached hydrogens (tertiary/aromatic N) is 1. The van der Waals surface area contributed by atoms with E-state index in [0.717, 1.165) is 19.0 Å². The third kappa shape index (κ3) is 2.51. The van der Waals surface area contributed by atoms with Gasteiger partial charge in [-0.05, 0) is 37.6 Å². The van der Waals surface area contributed by atoms with Gasteiger partial charge in [-0.25, -0.2) is 4.39 Å². The fraction of sp³-hybridized carbons (Fsp3) is 0.429. The Morgan fingerprint density at radius 3 is 2.68 bits per heavy atom. The minimum absolute atomic E-state index is 0.179. The highest BCUT2D eigenvalue weighted by molar-refractivity contribution is 6.52. The Hall–Kier alpha value is -1.75. The van der Waals surface area contributed by atoms with E-state index in [2.05, 4.69) is 12.2 Å². The highest BCUT2D eigenvalue weighted by Gasteiger charge is 2.36. The summed E-state index contributed by atoms with van der Waals surface area (Å²) >= 11 is 0. The molecule has 1 heterocycles. The van der Waals surface area contributed by atoms with Crippen LogP contribution in [0, 0.1) is 12.7 Å². The van der Waals surface area contributed by atoms with Crippen LogP contribution in [0.25, 0.3) is 0 Å². The lowest BCUT2D eigenvalue weighted by molar-refractivity contribution is -0.114. The molecule has 0 unspecified atom stereocenters. The molecule has 1 aromatic rings. The van der Waals surface area contributed by atoms with E-state index in [1.165, 1.54) is 11.0 Å².